The maximum Gasteiger partial charge on any atom is 0.124 e. The summed E-state index contributed by atoms with van der Waals surface area (Å²) in [6.45, 7) is 2.55. The minimum Gasteiger partial charge on any atom is -0.494 e. The fraction of sp³-hybridized carbons (Fsp3) is 0.250. The molecule has 0 saturated carbocycles. The van der Waals surface area contributed by atoms with Gasteiger partial charge >= 0.3 is 0 Å². The molecule has 0 aliphatic heterocycles. The molecule has 112 valence electrons. The highest BCUT2D eigenvalue weighted by Gasteiger charge is 2.15. The first-order valence-electron chi connectivity index (χ1n) is 6.51. The minimum absolute atomic E-state index is 0.207. The number of alkyl halides is 1. The van der Waals surface area contributed by atoms with E-state index < -0.39 is 0 Å². The Morgan fingerprint density at radius 3 is 2.52 bits per heavy atom. The second kappa shape index (κ2) is 7.73. The average molecular weight is 409 g/mol. The van der Waals surface area contributed by atoms with Crippen molar-refractivity contribution in [1.82, 2.24) is 0 Å². The van der Waals surface area contributed by atoms with Crippen molar-refractivity contribution in [3.05, 3.63) is 62.0 Å². The van der Waals surface area contributed by atoms with Gasteiger partial charge in [-0.15, -0.1) is 11.6 Å². The van der Waals surface area contributed by atoms with E-state index in [1.54, 1.807) is 6.07 Å². The van der Waals surface area contributed by atoms with Crippen LogP contribution in [0.1, 0.15) is 23.4 Å². The van der Waals surface area contributed by atoms with Crippen molar-refractivity contribution >= 4 is 50.7 Å². The Hall–Kier alpha value is -0.410. The summed E-state index contributed by atoms with van der Waals surface area (Å²) in [6.07, 6.45) is 0.648. The summed E-state index contributed by atoms with van der Waals surface area (Å²) >= 11 is 22.0. The maximum absolute atomic E-state index is 6.57. The van der Waals surface area contributed by atoms with Gasteiger partial charge in [0.15, 0.2) is 0 Å². The molecule has 0 fully saturated rings. The summed E-state index contributed by atoms with van der Waals surface area (Å²) in [5.74, 6) is 0.806. The van der Waals surface area contributed by atoms with E-state index in [9.17, 15) is 0 Å². The fourth-order valence-corrected chi connectivity index (χ4v) is 3.08. The number of ether oxygens (including phenoxy) is 1. The van der Waals surface area contributed by atoms with Gasteiger partial charge in [0, 0.05) is 10.0 Å². The van der Waals surface area contributed by atoms with Crippen LogP contribution >= 0.6 is 50.7 Å². The Morgan fingerprint density at radius 2 is 1.86 bits per heavy atom. The van der Waals surface area contributed by atoms with Crippen molar-refractivity contribution in [3.63, 3.8) is 0 Å². The van der Waals surface area contributed by atoms with Crippen molar-refractivity contribution in [1.29, 1.82) is 0 Å². The molecule has 1 unspecified atom stereocenters. The lowest BCUT2D eigenvalue weighted by atomic mass is 10.0. The van der Waals surface area contributed by atoms with Gasteiger partial charge in [0.2, 0.25) is 0 Å². The Balaban J connectivity index is 2.24. The molecule has 0 aliphatic rings. The van der Waals surface area contributed by atoms with E-state index in [0.29, 0.717) is 23.1 Å². The maximum atomic E-state index is 6.57. The molecule has 5 heteroatoms. The topological polar surface area (TPSA) is 9.23 Å². The molecule has 2 rings (SSSR count). The fourth-order valence-electron chi connectivity index (χ4n) is 2.03. The molecule has 0 saturated heterocycles. The van der Waals surface area contributed by atoms with Crippen LogP contribution in [0.2, 0.25) is 10.0 Å². The zero-order chi connectivity index (χ0) is 15.4. The Bertz CT molecular complexity index is 631. The predicted octanol–water partition coefficient (Wildman–Crippen LogP) is 6.68. The van der Waals surface area contributed by atoms with Crippen molar-refractivity contribution in [3.8, 4) is 5.75 Å². The van der Waals surface area contributed by atoms with Gasteiger partial charge in [-0.2, -0.15) is 0 Å². The van der Waals surface area contributed by atoms with Gasteiger partial charge in [-0.3, -0.25) is 0 Å². The molecule has 2 aromatic rings. The van der Waals surface area contributed by atoms with Crippen molar-refractivity contribution in [2.75, 3.05) is 6.61 Å². The number of hydrogen-bond acceptors (Lipinski definition) is 1. The van der Waals surface area contributed by atoms with Gasteiger partial charge in [-0.05, 0) is 49.2 Å². The lowest BCUT2D eigenvalue weighted by molar-refractivity contribution is 0.336. The summed E-state index contributed by atoms with van der Waals surface area (Å²) in [6, 6.07) is 11.4. The summed E-state index contributed by atoms with van der Waals surface area (Å²) in [7, 11) is 0. The standard InChI is InChI=1S/C16H14BrCl3O/c1-2-21-16-6-4-11(17)9-12(16)14(19)7-10-3-5-13(18)15(20)8-10/h3-6,8-9,14H,2,7H2,1H3. The number of halogens is 4. The van der Waals surface area contributed by atoms with Crippen LogP contribution in [0.15, 0.2) is 40.9 Å². The quantitative estimate of drug-likeness (QED) is 0.502. The smallest absolute Gasteiger partial charge is 0.124 e. The van der Waals surface area contributed by atoms with Crippen LogP contribution in [0, 0.1) is 0 Å². The zero-order valence-corrected chi connectivity index (χ0v) is 15.2. The van der Waals surface area contributed by atoms with Crippen LogP contribution in [0.4, 0.5) is 0 Å². The number of rotatable bonds is 5. The molecule has 0 amide bonds. The molecule has 0 radical (unpaired) electrons. The van der Waals surface area contributed by atoms with E-state index in [1.165, 1.54) is 0 Å². The average Bonchev–Trinajstić information content (AvgIpc) is 2.45. The lowest BCUT2D eigenvalue weighted by Gasteiger charge is -2.16. The SMILES string of the molecule is CCOc1ccc(Br)cc1C(Cl)Cc1ccc(Cl)c(Cl)c1. The van der Waals surface area contributed by atoms with Crippen molar-refractivity contribution < 1.29 is 4.74 Å². The Morgan fingerprint density at radius 1 is 1.10 bits per heavy atom. The second-order valence-electron chi connectivity index (χ2n) is 4.54. The third-order valence-corrected chi connectivity index (χ3v) is 4.63. The molecule has 0 aromatic heterocycles. The monoisotopic (exact) mass is 406 g/mol. The van der Waals surface area contributed by atoms with Crippen LogP contribution in [-0.4, -0.2) is 6.61 Å². The number of benzene rings is 2. The molecule has 1 atom stereocenters. The molecular weight excluding hydrogens is 394 g/mol. The van der Waals surface area contributed by atoms with Gasteiger partial charge in [0.05, 0.1) is 22.0 Å². The lowest BCUT2D eigenvalue weighted by Crippen LogP contribution is -2.01. The van der Waals surface area contributed by atoms with E-state index in [4.69, 9.17) is 39.5 Å². The summed E-state index contributed by atoms with van der Waals surface area (Å²) < 4.78 is 6.61. The number of hydrogen-bond donors (Lipinski definition) is 0. The van der Waals surface area contributed by atoms with Crippen LogP contribution in [0.25, 0.3) is 0 Å². The van der Waals surface area contributed by atoms with Gasteiger partial charge in [0.1, 0.15) is 5.75 Å². The van der Waals surface area contributed by atoms with Crippen molar-refractivity contribution in [2.45, 2.75) is 18.7 Å². The normalized spacial score (nSPS) is 12.2. The first-order valence-corrected chi connectivity index (χ1v) is 8.50. The molecular formula is C16H14BrCl3O. The third kappa shape index (κ3) is 4.53. The molecule has 0 bridgehead atoms. The summed E-state index contributed by atoms with van der Waals surface area (Å²) in [4.78, 5) is 0. The van der Waals surface area contributed by atoms with E-state index >= 15 is 0 Å². The highest BCUT2D eigenvalue weighted by molar-refractivity contribution is 9.10. The first-order chi connectivity index (χ1) is 10.0. The van der Waals surface area contributed by atoms with Crippen LogP contribution in [-0.2, 0) is 6.42 Å². The molecule has 21 heavy (non-hydrogen) atoms. The Kier molecular flexibility index (Phi) is 6.24. The van der Waals surface area contributed by atoms with Crippen LogP contribution in [0.5, 0.6) is 5.75 Å². The highest BCUT2D eigenvalue weighted by Crippen LogP contribution is 2.35. The zero-order valence-electron chi connectivity index (χ0n) is 11.4. The first kappa shape index (κ1) is 17.0. The van der Waals surface area contributed by atoms with Crippen LogP contribution in [0.3, 0.4) is 0 Å². The van der Waals surface area contributed by atoms with Gasteiger partial charge < -0.3 is 4.74 Å². The Labute approximate surface area is 148 Å². The molecule has 2 aromatic carbocycles. The highest BCUT2D eigenvalue weighted by atomic mass is 79.9. The summed E-state index contributed by atoms with van der Waals surface area (Å²) in [5.41, 5.74) is 1.99. The van der Waals surface area contributed by atoms with Crippen LogP contribution < -0.4 is 4.74 Å². The van der Waals surface area contributed by atoms with Gasteiger partial charge in [0.25, 0.3) is 0 Å². The van der Waals surface area contributed by atoms with E-state index in [1.807, 2.05) is 37.3 Å². The minimum atomic E-state index is -0.207. The molecule has 0 heterocycles. The van der Waals surface area contributed by atoms with Crippen molar-refractivity contribution in [2.24, 2.45) is 0 Å². The molecule has 0 spiro atoms. The molecule has 0 N–H and O–H groups in total. The van der Waals surface area contributed by atoms with E-state index in [2.05, 4.69) is 15.9 Å². The van der Waals surface area contributed by atoms with Gasteiger partial charge in [-0.1, -0.05) is 45.2 Å². The summed E-state index contributed by atoms with van der Waals surface area (Å²) in [5, 5.41) is 0.877. The van der Waals surface area contributed by atoms with E-state index in [0.717, 1.165) is 21.3 Å². The molecule has 1 nitrogen and oxygen atoms in total. The molecule has 0 aliphatic carbocycles. The predicted molar refractivity (Wildman–Crippen MR) is 94.1 cm³/mol. The second-order valence-corrected chi connectivity index (χ2v) is 6.79. The largest absolute Gasteiger partial charge is 0.494 e. The van der Waals surface area contributed by atoms with E-state index in [-0.39, 0.29) is 5.38 Å². The van der Waals surface area contributed by atoms with Gasteiger partial charge in [-0.25, -0.2) is 0 Å². The third-order valence-electron chi connectivity index (χ3n) is 3.01.